The molecule has 0 amide bonds. The minimum atomic E-state index is -1.02. The number of methoxy groups -OCH3 is 1. The average molecular weight is 285 g/mol. The summed E-state index contributed by atoms with van der Waals surface area (Å²) in [5.74, 6) is 0.139. The van der Waals surface area contributed by atoms with Crippen LogP contribution >= 0.6 is 0 Å². The molecule has 1 aromatic heterocycles. The van der Waals surface area contributed by atoms with E-state index in [1.165, 1.54) is 12.1 Å². The molecule has 0 spiro atoms. The molecule has 0 fully saturated rings. The van der Waals surface area contributed by atoms with E-state index in [9.17, 15) is 4.79 Å². The van der Waals surface area contributed by atoms with E-state index >= 15 is 0 Å². The summed E-state index contributed by atoms with van der Waals surface area (Å²) in [4.78, 5) is 15.0. The Bertz CT molecular complexity index is 809. The highest BCUT2D eigenvalue weighted by atomic mass is 16.6. The van der Waals surface area contributed by atoms with E-state index in [4.69, 9.17) is 19.0 Å². The number of benzene rings is 2. The molecule has 1 N–H and O–H groups in total. The van der Waals surface area contributed by atoms with E-state index in [1.54, 1.807) is 37.4 Å². The van der Waals surface area contributed by atoms with Gasteiger partial charge < -0.3 is 19.0 Å². The molecule has 6 nitrogen and oxygen atoms in total. The second-order valence-electron chi connectivity index (χ2n) is 4.25. The number of hydrogen-bond acceptors (Lipinski definition) is 5. The zero-order valence-corrected chi connectivity index (χ0v) is 11.1. The zero-order valence-electron chi connectivity index (χ0n) is 11.1. The molecule has 3 rings (SSSR count). The van der Waals surface area contributed by atoms with E-state index in [-0.39, 0.29) is 11.6 Å². The Morgan fingerprint density at radius 1 is 1.19 bits per heavy atom. The molecule has 0 aliphatic carbocycles. The van der Waals surface area contributed by atoms with Crippen LogP contribution in [-0.2, 0) is 0 Å². The first kappa shape index (κ1) is 13.0. The molecule has 0 unspecified atom stereocenters. The number of carboxylic acids is 1. The van der Waals surface area contributed by atoms with Crippen LogP contribution in [0.15, 0.2) is 46.9 Å². The van der Waals surface area contributed by atoms with E-state index in [0.29, 0.717) is 22.6 Å². The number of rotatable bonds is 4. The molecule has 1 heterocycles. The SMILES string of the molecule is COc1cccc(Oc2nc3ccc(C(=O)O)cc3o2)c1. The minimum absolute atomic E-state index is 0.0424. The molecule has 0 saturated carbocycles. The predicted molar refractivity (Wildman–Crippen MR) is 74.0 cm³/mol. The van der Waals surface area contributed by atoms with Crippen molar-refractivity contribution < 1.29 is 23.8 Å². The van der Waals surface area contributed by atoms with Gasteiger partial charge in [0, 0.05) is 6.07 Å². The van der Waals surface area contributed by atoms with Crippen LogP contribution in [-0.4, -0.2) is 23.2 Å². The third-order valence-electron chi connectivity index (χ3n) is 2.86. The quantitative estimate of drug-likeness (QED) is 0.791. The van der Waals surface area contributed by atoms with Gasteiger partial charge in [0.1, 0.15) is 17.0 Å². The molecule has 2 aromatic carbocycles. The van der Waals surface area contributed by atoms with Crippen molar-refractivity contribution >= 4 is 17.1 Å². The first-order chi connectivity index (χ1) is 10.2. The summed E-state index contributed by atoms with van der Waals surface area (Å²) in [7, 11) is 1.56. The van der Waals surface area contributed by atoms with Gasteiger partial charge in [-0.15, -0.1) is 0 Å². The van der Waals surface area contributed by atoms with Gasteiger partial charge in [-0.05, 0) is 30.3 Å². The van der Waals surface area contributed by atoms with Crippen molar-refractivity contribution in [3.05, 3.63) is 48.0 Å². The standard InChI is InChI=1S/C15H11NO5/c1-19-10-3-2-4-11(8-10)20-15-16-12-6-5-9(14(17)18)7-13(12)21-15/h2-8H,1H3,(H,17,18). The number of oxazole rings is 1. The normalized spacial score (nSPS) is 10.5. The molecule has 0 radical (unpaired) electrons. The predicted octanol–water partition coefficient (Wildman–Crippen LogP) is 3.33. The lowest BCUT2D eigenvalue weighted by Crippen LogP contribution is -1.94. The van der Waals surface area contributed by atoms with E-state index in [1.807, 2.05) is 0 Å². The Morgan fingerprint density at radius 3 is 2.76 bits per heavy atom. The summed E-state index contributed by atoms with van der Waals surface area (Å²) >= 11 is 0. The van der Waals surface area contributed by atoms with Crippen molar-refractivity contribution in [3.8, 4) is 17.6 Å². The third-order valence-corrected chi connectivity index (χ3v) is 2.86. The smallest absolute Gasteiger partial charge is 0.400 e. The van der Waals surface area contributed by atoms with Crippen LogP contribution in [0.5, 0.6) is 17.6 Å². The highest BCUT2D eigenvalue weighted by molar-refractivity contribution is 5.91. The number of hydrogen-bond donors (Lipinski definition) is 1. The second kappa shape index (κ2) is 5.16. The van der Waals surface area contributed by atoms with Gasteiger partial charge in [-0.3, -0.25) is 0 Å². The van der Waals surface area contributed by atoms with Crippen LogP contribution in [0.25, 0.3) is 11.1 Å². The molecule has 0 bridgehead atoms. The summed E-state index contributed by atoms with van der Waals surface area (Å²) in [5, 5.41) is 8.94. The number of carboxylic acid groups (broad SMARTS) is 1. The van der Waals surface area contributed by atoms with Gasteiger partial charge in [-0.2, -0.15) is 4.98 Å². The van der Waals surface area contributed by atoms with Crippen LogP contribution in [0.1, 0.15) is 10.4 Å². The fourth-order valence-corrected chi connectivity index (χ4v) is 1.85. The molecule has 0 aliphatic heterocycles. The summed E-state index contributed by atoms with van der Waals surface area (Å²) in [5.41, 5.74) is 1.01. The molecule has 3 aromatic rings. The van der Waals surface area contributed by atoms with Gasteiger partial charge in [-0.1, -0.05) is 6.07 Å². The Hall–Kier alpha value is -3.02. The summed E-state index contributed by atoms with van der Waals surface area (Å²) in [6.45, 7) is 0. The van der Waals surface area contributed by atoms with Crippen LogP contribution in [0.3, 0.4) is 0 Å². The lowest BCUT2D eigenvalue weighted by molar-refractivity contribution is 0.0697. The van der Waals surface area contributed by atoms with Crippen LogP contribution in [0.2, 0.25) is 0 Å². The molecule has 0 atom stereocenters. The van der Waals surface area contributed by atoms with E-state index in [2.05, 4.69) is 4.98 Å². The van der Waals surface area contributed by atoms with Crippen molar-refractivity contribution in [2.45, 2.75) is 0 Å². The van der Waals surface area contributed by atoms with Gasteiger partial charge in [0.05, 0.1) is 12.7 Å². The monoisotopic (exact) mass is 285 g/mol. The Kier molecular flexibility index (Phi) is 3.19. The fourth-order valence-electron chi connectivity index (χ4n) is 1.85. The van der Waals surface area contributed by atoms with Crippen molar-refractivity contribution in [3.63, 3.8) is 0 Å². The molecule has 21 heavy (non-hydrogen) atoms. The topological polar surface area (TPSA) is 81.8 Å². The van der Waals surface area contributed by atoms with Crippen molar-refractivity contribution in [1.82, 2.24) is 4.98 Å². The second-order valence-corrected chi connectivity index (χ2v) is 4.25. The first-order valence-corrected chi connectivity index (χ1v) is 6.11. The zero-order chi connectivity index (χ0) is 14.8. The van der Waals surface area contributed by atoms with Crippen LogP contribution in [0.4, 0.5) is 0 Å². The highest BCUT2D eigenvalue weighted by Gasteiger charge is 2.11. The summed E-state index contributed by atoms with van der Waals surface area (Å²) < 4.78 is 16.0. The summed E-state index contributed by atoms with van der Waals surface area (Å²) in [6, 6.07) is 11.4. The molecule has 0 aliphatic rings. The van der Waals surface area contributed by atoms with Crippen LogP contribution in [0, 0.1) is 0 Å². The Labute approximate surface area is 119 Å². The van der Waals surface area contributed by atoms with Gasteiger partial charge in [0.25, 0.3) is 0 Å². The van der Waals surface area contributed by atoms with E-state index in [0.717, 1.165) is 0 Å². The largest absolute Gasteiger partial charge is 0.497 e. The third kappa shape index (κ3) is 2.64. The van der Waals surface area contributed by atoms with Crippen molar-refractivity contribution in [2.24, 2.45) is 0 Å². The summed E-state index contributed by atoms with van der Waals surface area (Å²) in [6.07, 6.45) is 0.0424. The van der Waals surface area contributed by atoms with E-state index < -0.39 is 5.97 Å². The maximum Gasteiger partial charge on any atom is 0.400 e. The molecular formula is C15H11NO5. The minimum Gasteiger partial charge on any atom is -0.497 e. The van der Waals surface area contributed by atoms with Crippen molar-refractivity contribution in [2.75, 3.05) is 7.11 Å². The lowest BCUT2D eigenvalue weighted by Gasteiger charge is -2.02. The number of aromatic nitrogens is 1. The highest BCUT2D eigenvalue weighted by Crippen LogP contribution is 2.28. The number of ether oxygens (including phenoxy) is 2. The Morgan fingerprint density at radius 2 is 2.00 bits per heavy atom. The fraction of sp³-hybridized carbons (Fsp3) is 0.0667. The maximum atomic E-state index is 10.9. The average Bonchev–Trinajstić information content (AvgIpc) is 2.88. The Balaban J connectivity index is 1.92. The van der Waals surface area contributed by atoms with Gasteiger partial charge in [0.2, 0.25) is 0 Å². The molecule has 0 saturated heterocycles. The van der Waals surface area contributed by atoms with Gasteiger partial charge >= 0.3 is 12.0 Å². The first-order valence-electron chi connectivity index (χ1n) is 6.11. The van der Waals surface area contributed by atoms with Gasteiger partial charge in [0.15, 0.2) is 5.58 Å². The molecule has 6 heteroatoms. The lowest BCUT2D eigenvalue weighted by atomic mass is 10.2. The van der Waals surface area contributed by atoms with Crippen molar-refractivity contribution in [1.29, 1.82) is 0 Å². The number of nitrogens with zero attached hydrogens (tertiary/aromatic N) is 1. The number of carbonyl (C=O) groups is 1. The van der Waals surface area contributed by atoms with Crippen LogP contribution < -0.4 is 9.47 Å². The molecular weight excluding hydrogens is 274 g/mol. The molecule has 106 valence electrons. The number of aromatic carboxylic acids is 1. The number of fused-ring (bicyclic) bond motifs is 1. The maximum absolute atomic E-state index is 10.9. The van der Waals surface area contributed by atoms with Gasteiger partial charge in [-0.25, -0.2) is 4.79 Å².